The molecule has 2 bridgehead atoms. The number of carbonyl (C=O) groups excluding carboxylic acids is 1. The van der Waals surface area contributed by atoms with E-state index in [0.29, 0.717) is 17.7 Å². The Kier molecular flexibility index (Phi) is 3.42. The van der Waals surface area contributed by atoms with Crippen molar-refractivity contribution in [2.45, 2.75) is 45.4 Å². The first kappa shape index (κ1) is 15.9. The third kappa shape index (κ3) is 2.09. The summed E-state index contributed by atoms with van der Waals surface area (Å²) in [4.78, 5) is 15.4. The number of nitrogens with zero attached hydrogens (tertiary/aromatic N) is 1. The Labute approximate surface area is 143 Å². The molecule has 3 heteroatoms. The summed E-state index contributed by atoms with van der Waals surface area (Å²) in [6.45, 7) is 10.4. The molecule has 4 rings (SSSR count). The van der Waals surface area contributed by atoms with Crippen molar-refractivity contribution in [3.05, 3.63) is 47.8 Å². The Morgan fingerprint density at radius 1 is 1.25 bits per heavy atom. The highest BCUT2D eigenvalue weighted by molar-refractivity contribution is 5.88. The van der Waals surface area contributed by atoms with Gasteiger partial charge in [0.05, 0.1) is 5.41 Å². The van der Waals surface area contributed by atoms with Crippen LogP contribution in [0.1, 0.15) is 51.0 Å². The van der Waals surface area contributed by atoms with Gasteiger partial charge < -0.3 is 4.90 Å². The molecule has 0 unspecified atom stereocenters. The maximum atomic E-state index is 13.4. The predicted octanol–water partition coefficient (Wildman–Crippen LogP) is 4.52. The second kappa shape index (κ2) is 5.18. The zero-order chi connectivity index (χ0) is 17.1. The van der Waals surface area contributed by atoms with Crippen LogP contribution < -0.4 is 0 Å². The summed E-state index contributed by atoms with van der Waals surface area (Å²) in [7, 11) is 0. The minimum absolute atomic E-state index is 0.0873. The van der Waals surface area contributed by atoms with Gasteiger partial charge in [0.25, 0.3) is 0 Å². The highest BCUT2D eigenvalue weighted by Crippen LogP contribution is 2.66. The van der Waals surface area contributed by atoms with Gasteiger partial charge in [0.15, 0.2) is 0 Å². The first-order chi connectivity index (χ1) is 11.3. The van der Waals surface area contributed by atoms with E-state index in [-0.39, 0.29) is 16.6 Å². The number of hydrogen-bond donors (Lipinski definition) is 0. The van der Waals surface area contributed by atoms with Gasteiger partial charge in [-0.3, -0.25) is 4.79 Å². The van der Waals surface area contributed by atoms with Crippen molar-refractivity contribution in [3.63, 3.8) is 0 Å². The molecule has 1 saturated heterocycles. The molecule has 24 heavy (non-hydrogen) atoms. The van der Waals surface area contributed by atoms with Crippen LogP contribution in [0.2, 0.25) is 0 Å². The predicted molar refractivity (Wildman–Crippen MR) is 93.0 cm³/mol. The highest BCUT2D eigenvalue weighted by Gasteiger charge is 2.61. The maximum Gasteiger partial charge on any atom is 0.232 e. The summed E-state index contributed by atoms with van der Waals surface area (Å²) >= 11 is 0. The normalized spacial score (nSPS) is 34.1. The molecule has 1 aromatic carbocycles. The molecule has 2 saturated carbocycles. The molecular formula is C21H26FNO. The van der Waals surface area contributed by atoms with Crippen LogP contribution in [0.4, 0.5) is 4.39 Å². The van der Waals surface area contributed by atoms with Crippen LogP contribution >= 0.6 is 0 Å². The number of amides is 1. The van der Waals surface area contributed by atoms with E-state index in [0.717, 1.165) is 49.9 Å². The molecule has 0 radical (unpaired) electrons. The Morgan fingerprint density at radius 2 is 1.96 bits per heavy atom. The van der Waals surface area contributed by atoms with Gasteiger partial charge in [0.2, 0.25) is 5.91 Å². The summed E-state index contributed by atoms with van der Waals surface area (Å²) in [6, 6.07) is 6.74. The fourth-order valence-electron chi connectivity index (χ4n) is 5.38. The second-order valence-corrected chi connectivity index (χ2v) is 8.51. The van der Waals surface area contributed by atoms with Crippen LogP contribution in [0, 0.1) is 22.6 Å². The fraction of sp³-hybridized carbons (Fsp3) is 0.571. The number of hydrogen-bond acceptors (Lipinski definition) is 1. The molecule has 3 aliphatic rings. The molecule has 0 N–H and O–H groups in total. The molecule has 1 aliphatic heterocycles. The van der Waals surface area contributed by atoms with Crippen molar-refractivity contribution < 1.29 is 9.18 Å². The van der Waals surface area contributed by atoms with Crippen LogP contribution in [0.3, 0.4) is 0 Å². The van der Waals surface area contributed by atoms with Crippen molar-refractivity contribution in [1.82, 2.24) is 4.90 Å². The van der Waals surface area contributed by atoms with Crippen molar-refractivity contribution in [3.8, 4) is 0 Å². The fourth-order valence-corrected chi connectivity index (χ4v) is 5.38. The van der Waals surface area contributed by atoms with Gasteiger partial charge in [-0.15, -0.1) is 0 Å². The van der Waals surface area contributed by atoms with Crippen molar-refractivity contribution in [2.75, 3.05) is 13.1 Å². The van der Waals surface area contributed by atoms with E-state index in [9.17, 15) is 9.18 Å². The lowest BCUT2D eigenvalue weighted by atomic mass is 9.68. The number of carbonyl (C=O) groups is 1. The Morgan fingerprint density at radius 3 is 2.58 bits per heavy atom. The molecule has 1 aromatic rings. The van der Waals surface area contributed by atoms with Crippen LogP contribution in [0.25, 0.3) is 0 Å². The smallest absolute Gasteiger partial charge is 0.232 e. The molecule has 2 aliphatic carbocycles. The zero-order valence-corrected chi connectivity index (χ0v) is 14.6. The van der Waals surface area contributed by atoms with E-state index in [4.69, 9.17) is 0 Å². The lowest BCUT2D eigenvalue weighted by Crippen LogP contribution is -2.43. The molecule has 0 aromatic heterocycles. The van der Waals surface area contributed by atoms with E-state index in [1.807, 2.05) is 17.0 Å². The molecule has 3 fully saturated rings. The van der Waals surface area contributed by atoms with Crippen LogP contribution in [0.5, 0.6) is 0 Å². The van der Waals surface area contributed by atoms with E-state index in [2.05, 4.69) is 20.4 Å². The van der Waals surface area contributed by atoms with Gasteiger partial charge >= 0.3 is 0 Å². The summed E-state index contributed by atoms with van der Waals surface area (Å²) < 4.78 is 13.1. The maximum absolute atomic E-state index is 13.4. The van der Waals surface area contributed by atoms with Gasteiger partial charge in [0.1, 0.15) is 5.82 Å². The largest absolute Gasteiger partial charge is 0.341 e. The number of benzene rings is 1. The van der Waals surface area contributed by atoms with Gasteiger partial charge in [-0.2, -0.15) is 0 Å². The molecule has 0 spiro atoms. The van der Waals surface area contributed by atoms with Gasteiger partial charge in [0, 0.05) is 19.0 Å². The Bertz CT molecular complexity index is 692. The minimum atomic E-state index is -0.314. The summed E-state index contributed by atoms with van der Waals surface area (Å²) in [5.41, 5.74) is 2.07. The lowest BCUT2D eigenvalue weighted by molar-refractivity contribution is -0.138. The standard InChI is InChI=1S/C21H26FNO/c1-14-20(2,3)17-8-10-21(14,12-17)19(24)23-11-9-16(13-23)15-4-6-18(22)7-5-15/h4-7,16-17H,1,8-13H2,2-3H3/t16-,17+,21+/m0/s1. The molecule has 2 nitrogen and oxygen atoms in total. The third-order valence-electron chi connectivity index (χ3n) is 7.12. The molecule has 3 atom stereocenters. The van der Waals surface area contributed by atoms with E-state index in [1.165, 1.54) is 12.1 Å². The number of halogens is 1. The average molecular weight is 327 g/mol. The van der Waals surface area contributed by atoms with E-state index < -0.39 is 0 Å². The average Bonchev–Trinajstić information content (AvgIpc) is 3.25. The molecular weight excluding hydrogens is 301 g/mol. The van der Waals surface area contributed by atoms with Crippen molar-refractivity contribution >= 4 is 5.91 Å². The third-order valence-corrected chi connectivity index (χ3v) is 7.12. The minimum Gasteiger partial charge on any atom is -0.341 e. The quantitative estimate of drug-likeness (QED) is 0.731. The Hall–Kier alpha value is -1.64. The number of fused-ring (bicyclic) bond motifs is 2. The summed E-state index contributed by atoms with van der Waals surface area (Å²) in [5.74, 6) is 1.02. The molecule has 1 heterocycles. The molecule has 1 amide bonds. The Balaban J connectivity index is 1.52. The van der Waals surface area contributed by atoms with Crippen molar-refractivity contribution in [2.24, 2.45) is 16.7 Å². The van der Waals surface area contributed by atoms with E-state index in [1.54, 1.807) is 0 Å². The molecule has 128 valence electrons. The first-order valence-corrected chi connectivity index (χ1v) is 9.09. The van der Waals surface area contributed by atoms with Crippen LogP contribution in [0.15, 0.2) is 36.4 Å². The van der Waals surface area contributed by atoms with Gasteiger partial charge in [-0.25, -0.2) is 4.39 Å². The summed E-state index contributed by atoms with van der Waals surface area (Å²) in [6.07, 6.45) is 4.06. The lowest BCUT2D eigenvalue weighted by Gasteiger charge is -2.39. The second-order valence-electron chi connectivity index (χ2n) is 8.51. The zero-order valence-electron chi connectivity index (χ0n) is 14.6. The van der Waals surface area contributed by atoms with E-state index >= 15 is 0 Å². The monoisotopic (exact) mass is 327 g/mol. The summed E-state index contributed by atoms with van der Waals surface area (Å²) in [5, 5.41) is 0. The number of rotatable bonds is 2. The first-order valence-electron chi connectivity index (χ1n) is 9.09. The highest BCUT2D eigenvalue weighted by atomic mass is 19.1. The van der Waals surface area contributed by atoms with Crippen LogP contribution in [-0.4, -0.2) is 23.9 Å². The topological polar surface area (TPSA) is 20.3 Å². The van der Waals surface area contributed by atoms with Crippen molar-refractivity contribution in [1.29, 1.82) is 0 Å². The number of likely N-dealkylation sites (tertiary alicyclic amines) is 1. The van der Waals surface area contributed by atoms with Gasteiger partial charge in [-0.1, -0.05) is 38.1 Å². The van der Waals surface area contributed by atoms with Crippen LogP contribution in [-0.2, 0) is 4.79 Å². The van der Waals surface area contributed by atoms with Gasteiger partial charge in [-0.05, 0) is 54.7 Å². The SMILES string of the molecule is C=C1C(C)(C)[C@@H]2CC[C@@]1(C(=O)N1CC[C@H](c3ccc(F)cc3)C1)C2.